The average molecular weight is 504 g/mol. The molecule has 10 nitrogen and oxygen atoms in total. The highest BCUT2D eigenvalue weighted by Crippen LogP contribution is 2.43. The summed E-state index contributed by atoms with van der Waals surface area (Å²) in [4.78, 5) is 37.7. The SMILES string of the molecule is CC1(C)CC(N2CC3C4C5N(CN(C6CC(C)(C)NC(C)(C)C6)CN5[N+]3=O)C(=O)N4C2)CC(C)(C)N1. The largest absolute Gasteiger partial charge is 0.324 e. The Labute approximate surface area is 216 Å². The number of nitrogens with zero attached hydrogens (tertiary/aromatic N) is 6. The predicted molar refractivity (Wildman–Crippen MR) is 138 cm³/mol. The van der Waals surface area contributed by atoms with Crippen molar-refractivity contribution in [2.24, 2.45) is 0 Å². The van der Waals surface area contributed by atoms with Crippen molar-refractivity contribution in [2.75, 3.05) is 26.6 Å². The lowest BCUT2D eigenvalue weighted by atomic mass is 9.78. The van der Waals surface area contributed by atoms with E-state index in [1.165, 1.54) is 4.87 Å². The Hall–Kier alpha value is -1.49. The van der Waals surface area contributed by atoms with E-state index < -0.39 is 0 Å². The summed E-state index contributed by atoms with van der Waals surface area (Å²) in [6.07, 6.45) is 3.89. The van der Waals surface area contributed by atoms with Crippen LogP contribution in [0.15, 0.2) is 0 Å². The first-order valence-corrected chi connectivity index (χ1v) is 13.9. The minimum atomic E-state index is -0.209. The zero-order valence-corrected chi connectivity index (χ0v) is 23.5. The molecule has 0 aromatic rings. The third-order valence-electron chi connectivity index (χ3n) is 9.50. The number of piperidine rings is 2. The van der Waals surface area contributed by atoms with E-state index in [2.05, 4.69) is 75.8 Å². The van der Waals surface area contributed by atoms with Gasteiger partial charge in [0.05, 0.1) is 24.8 Å². The molecule has 0 aromatic heterocycles. The van der Waals surface area contributed by atoms with Gasteiger partial charge in [0.2, 0.25) is 0 Å². The second-order valence-electron chi connectivity index (χ2n) is 15.1. The molecule has 2 N–H and O–H groups in total. The number of rotatable bonds is 2. The molecular formula is C26H47N8O2+. The predicted octanol–water partition coefficient (Wildman–Crippen LogP) is 1.92. The van der Waals surface area contributed by atoms with Crippen molar-refractivity contribution in [1.82, 2.24) is 35.2 Å². The van der Waals surface area contributed by atoms with Crippen molar-refractivity contribution in [1.29, 1.82) is 0 Å². The van der Waals surface area contributed by atoms with Crippen LogP contribution in [0.25, 0.3) is 0 Å². The number of hydrogen-bond acceptors (Lipinski definition) is 6. The van der Waals surface area contributed by atoms with Crippen LogP contribution >= 0.6 is 0 Å². The molecular weight excluding hydrogens is 456 g/mol. The second-order valence-corrected chi connectivity index (χ2v) is 15.1. The van der Waals surface area contributed by atoms with E-state index in [1.54, 1.807) is 0 Å². The highest BCUT2D eigenvalue weighted by atomic mass is 16.3. The van der Waals surface area contributed by atoms with E-state index in [1.807, 2.05) is 14.8 Å². The van der Waals surface area contributed by atoms with Gasteiger partial charge in [-0.05, 0) is 81.1 Å². The monoisotopic (exact) mass is 503 g/mol. The number of nitroso groups, excluding NO2 is 1. The van der Waals surface area contributed by atoms with Crippen molar-refractivity contribution in [3.63, 3.8) is 0 Å². The molecule has 0 saturated carbocycles. The maximum atomic E-state index is 13.8. The fourth-order valence-corrected chi connectivity index (χ4v) is 9.02. The van der Waals surface area contributed by atoms with Gasteiger partial charge in [-0.15, -0.1) is 5.01 Å². The summed E-state index contributed by atoms with van der Waals surface area (Å²) in [6.45, 7) is 20.6. The minimum absolute atomic E-state index is 0.0138. The van der Waals surface area contributed by atoms with Gasteiger partial charge in [0.15, 0.2) is 6.17 Å². The number of carbonyl (C=O) groups excluding carboxylic acids is 1. The van der Waals surface area contributed by atoms with Gasteiger partial charge in [-0.25, -0.2) is 4.79 Å². The van der Waals surface area contributed by atoms with Crippen LogP contribution in [0.4, 0.5) is 4.79 Å². The second kappa shape index (κ2) is 7.55. The highest BCUT2D eigenvalue weighted by Gasteiger charge is 2.70. The molecule has 202 valence electrons. The number of amides is 2. The quantitative estimate of drug-likeness (QED) is 0.558. The molecule has 0 aliphatic carbocycles. The number of carbonyl (C=O) groups is 1. The lowest BCUT2D eigenvalue weighted by Crippen LogP contribution is -2.68. The van der Waals surface area contributed by atoms with Crippen molar-refractivity contribution in [3.05, 3.63) is 4.91 Å². The van der Waals surface area contributed by atoms with Crippen LogP contribution in [0, 0.1) is 4.91 Å². The maximum absolute atomic E-state index is 13.8. The van der Waals surface area contributed by atoms with Gasteiger partial charge in [-0.3, -0.25) is 19.6 Å². The van der Waals surface area contributed by atoms with Gasteiger partial charge in [-0.2, -0.15) is 0 Å². The molecule has 0 radical (unpaired) electrons. The van der Waals surface area contributed by atoms with Crippen LogP contribution in [0.3, 0.4) is 0 Å². The van der Waals surface area contributed by atoms with E-state index in [9.17, 15) is 9.70 Å². The van der Waals surface area contributed by atoms with Gasteiger partial charge in [0, 0.05) is 34.2 Å². The van der Waals surface area contributed by atoms with E-state index >= 15 is 0 Å². The number of nitrogens with one attached hydrogen (secondary N) is 2. The summed E-state index contributed by atoms with van der Waals surface area (Å²) in [7, 11) is 0. The standard InChI is InChI=1S/C26H47N8O2/c1-23(2)9-17(10-24(3,4)27-23)29-13-19-20-21-32(22(35)31(20)14-29)15-30(16-33(21)34(19)36)18-11-25(5,6)28-26(7,8)12-18/h17-21,27-28H,9-16H2,1-8H3/q+1. The van der Waals surface area contributed by atoms with Crippen LogP contribution in [-0.4, -0.2) is 115 Å². The fraction of sp³-hybridized carbons (Fsp3) is 0.962. The van der Waals surface area contributed by atoms with Gasteiger partial charge < -0.3 is 10.6 Å². The molecule has 6 saturated heterocycles. The number of hydrogen-bond donors (Lipinski definition) is 2. The molecule has 10 heteroatoms. The highest BCUT2D eigenvalue weighted by molar-refractivity contribution is 5.78. The lowest BCUT2D eigenvalue weighted by Gasteiger charge is -2.51. The summed E-state index contributed by atoms with van der Waals surface area (Å²) >= 11 is 0. The first-order valence-electron chi connectivity index (χ1n) is 13.9. The van der Waals surface area contributed by atoms with E-state index in [-0.39, 0.29) is 46.4 Å². The zero-order chi connectivity index (χ0) is 26.0. The van der Waals surface area contributed by atoms with Crippen LogP contribution in [0.1, 0.15) is 81.1 Å². The summed E-state index contributed by atoms with van der Waals surface area (Å²) in [6, 6.07) is 0.515. The third-order valence-corrected chi connectivity index (χ3v) is 9.50. The molecule has 3 atom stereocenters. The van der Waals surface area contributed by atoms with Gasteiger partial charge in [-0.1, -0.05) is 0 Å². The Morgan fingerprint density at radius 3 is 1.72 bits per heavy atom. The Balaban J connectivity index is 1.24. The molecule has 3 unspecified atom stereocenters. The average Bonchev–Trinajstić information content (AvgIpc) is 3.15. The van der Waals surface area contributed by atoms with Crippen LogP contribution in [-0.2, 0) is 0 Å². The van der Waals surface area contributed by atoms with E-state index in [0.29, 0.717) is 32.1 Å². The first kappa shape index (κ1) is 24.8. The molecule has 0 spiro atoms. The van der Waals surface area contributed by atoms with E-state index in [0.717, 1.165) is 32.2 Å². The normalized spacial score (nSPS) is 38.1. The van der Waals surface area contributed by atoms with Gasteiger partial charge in [0.25, 0.3) is 6.04 Å². The molecule has 6 heterocycles. The summed E-state index contributed by atoms with van der Waals surface area (Å²) in [5.41, 5.74) is 0.0713. The van der Waals surface area contributed by atoms with Crippen LogP contribution in [0.5, 0.6) is 0 Å². The Kier molecular flexibility index (Phi) is 5.20. The van der Waals surface area contributed by atoms with Crippen molar-refractivity contribution in [3.8, 4) is 0 Å². The molecule has 6 aliphatic rings. The van der Waals surface area contributed by atoms with E-state index in [4.69, 9.17) is 0 Å². The fourth-order valence-electron chi connectivity index (χ4n) is 9.02. The number of urea groups is 1. The van der Waals surface area contributed by atoms with Crippen molar-refractivity contribution < 1.29 is 9.66 Å². The molecule has 0 bridgehead atoms. The van der Waals surface area contributed by atoms with Crippen LogP contribution in [0.2, 0.25) is 0 Å². The number of hydrazine groups is 1. The molecule has 0 aromatic carbocycles. The van der Waals surface area contributed by atoms with Crippen molar-refractivity contribution in [2.45, 2.75) is 134 Å². The van der Waals surface area contributed by atoms with Gasteiger partial charge in [0.1, 0.15) is 17.6 Å². The molecule has 36 heavy (non-hydrogen) atoms. The lowest BCUT2D eigenvalue weighted by molar-refractivity contribution is -0.726. The maximum Gasteiger partial charge on any atom is 0.324 e. The third kappa shape index (κ3) is 3.94. The molecule has 2 amide bonds. The molecule has 6 rings (SSSR count). The Morgan fingerprint density at radius 2 is 1.19 bits per heavy atom. The van der Waals surface area contributed by atoms with Gasteiger partial charge >= 0.3 is 6.03 Å². The summed E-state index contributed by atoms with van der Waals surface area (Å²) in [5.74, 6) is 0. The zero-order valence-electron chi connectivity index (χ0n) is 23.5. The Bertz CT molecular complexity index is 824. The minimum Gasteiger partial charge on any atom is -0.307 e. The molecule has 6 fully saturated rings. The van der Waals surface area contributed by atoms with Crippen LogP contribution < -0.4 is 10.6 Å². The topological polar surface area (TPSA) is 77.4 Å². The smallest absolute Gasteiger partial charge is 0.307 e. The summed E-state index contributed by atoms with van der Waals surface area (Å²) in [5, 5.41) is 9.50. The Morgan fingerprint density at radius 1 is 0.722 bits per heavy atom. The summed E-state index contributed by atoms with van der Waals surface area (Å²) < 4.78 is 0. The molecule has 6 aliphatic heterocycles. The van der Waals surface area contributed by atoms with Crippen molar-refractivity contribution >= 4 is 6.03 Å². The first-order chi connectivity index (χ1) is 16.5.